The molecular formula is C14H26Br2N2O2. The van der Waals surface area contributed by atoms with Crippen LogP contribution in [0, 0.1) is 0 Å². The number of rotatable bonds is 11. The van der Waals surface area contributed by atoms with E-state index in [9.17, 15) is 9.59 Å². The molecule has 0 aliphatic rings. The van der Waals surface area contributed by atoms with Crippen LogP contribution in [0.5, 0.6) is 0 Å². The zero-order chi connectivity index (χ0) is 15.4. The second-order valence-electron chi connectivity index (χ2n) is 4.75. The Morgan fingerprint density at radius 2 is 1.15 bits per heavy atom. The highest BCUT2D eigenvalue weighted by atomic mass is 79.9. The Labute approximate surface area is 139 Å². The van der Waals surface area contributed by atoms with Gasteiger partial charge in [-0.25, -0.2) is 0 Å². The van der Waals surface area contributed by atoms with Crippen molar-refractivity contribution in [2.75, 3.05) is 13.1 Å². The molecule has 2 amide bonds. The first kappa shape index (κ1) is 19.9. The standard InChI is InChI=1S/C14H26Br2N2O2/c1-3-11(15)13(19)17-9-7-5-6-8-10-18-14(20)12(16)4-2/h11-12H,3-10H2,1-2H3,(H,17,19)(H,18,20)/t11-,12-/m1/s1. The fourth-order valence-electron chi connectivity index (χ4n) is 1.62. The minimum atomic E-state index is -0.0755. The molecule has 0 aromatic rings. The van der Waals surface area contributed by atoms with Gasteiger partial charge in [0.25, 0.3) is 0 Å². The highest BCUT2D eigenvalue weighted by Gasteiger charge is 2.11. The molecule has 0 aromatic carbocycles. The second kappa shape index (κ2) is 12.6. The number of nitrogens with one attached hydrogen (secondary N) is 2. The molecule has 0 fully saturated rings. The molecule has 0 unspecified atom stereocenters. The van der Waals surface area contributed by atoms with Crippen LogP contribution in [0.1, 0.15) is 52.4 Å². The Kier molecular flexibility index (Phi) is 12.6. The van der Waals surface area contributed by atoms with Gasteiger partial charge in [0, 0.05) is 13.1 Å². The highest BCUT2D eigenvalue weighted by Crippen LogP contribution is 2.05. The fourth-order valence-corrected chi connectivity index (χ4v) is 1.94. The summed E-state index contributed by atoms with van der Waals surface area (Å²) in [5, 5.41) is 5.81. The van der Waals surface area contributed by atoms with Gasteiger partial charge in [0.2, 0.25) is 11.8 Å². The summed E-state index contributed by atoms with van der Waals surface area (Å²) in [6, 6.07) is 0. The van der Waals surface area contributed by atoms with Crippen LogP contribution in [-0.4, -0.2) is 34.6 Å². The van der Waals surface area contributed by atoms with Gasteiger partial charge >= 0.3 is 0 Å². The molecular weight excluding hydrogens is 388 g/mol. The molecule has 2 atom stereocenters. The van der Waals surface area contributed by atoms with E-state index in [4.69, 9.17) is 0 Å². The lowest BCUT2D eigenvalue weighted by molar-refractivity contribution is -0.121. The van der Waals surface area contributed by atoms with Crippen LogP contribution < -0.4 is 10.6 Å². The molecule has 0 saturated heterocycles. The molecule has 118 valence electrons. The minimum Gasteiger partial charge on any atom is -0.355 e. The van der Waals surface area contributed by atoms with E-state index in [2.05, 4.69) is 42.5 Å². The van der Waals surface area contributed by atoms with Gasteiger partial charge in [0.15, 0.2) is 0 Å². The summed E-state index contributed by atoms with van der Waals surface area (Å²) in [5.74, 6) is 0.144. The van der Waals surface area contributed by atoms with Crippen molar-refractivity contribution in [2.24, 2.45) is 0 Å². The zero-order valence-corrected chi connectivity index (χ0v) is 15.6. The SMILES string of the molecule is CC[C@@H](Br)C(=O)NCCCCCCNC(=O)[C@H](Br)CC. The lowest BCUT2D eigenvalue weighted by Gasteiger charge is -2.09. The Balaban J connectivity index is 3.37. The minimum absolute atomic E-state index is 0.0719. The molecule has 0 radical (unpaired) electrons. The van der Waals surface area contributed by atoms with Gasteiger partial charge in [-0.15, -0.1) is 0 Å². The van der Waals surface area contributed by atoms with E-state index < -0.39 is 0 Å². The van der Waals surface area contributed by atoms with E-state index in [1.165, 1.54) is 0 Å². The lowest BCUT2D eigenvalue weighted by Crippen LogP contribution is -2.31. The number of unbranched alkanes of at least 4 members (excludes halogenated alkanes) is 3. The van der Waals surface area contributed by atoms with Crippen LogP contribution in [0.15, 0.2) is 0 Å². The quantitative estimate of drug-likeness (QED) is 0.403. The van der Waals surface area contributed by atoms with Crippen LogP contribution in [0.2, 0.25) is 0 Å². The predicted octanol–water partition coefficient (Wildman–Crippen LogP) is 3.13. The molecule has 0 aliphatic heterocycles. The van der Waals surface area contributed by atoms with Crippen LogP contribution in [-0.2, 0) is 9.59 Å². The number of hydrogen-bond donors (Lipinski definition) is 2. The smallest absolute Gasteiger partial charge is 0.233 e. The van der Waals surface area contributed by atoms with Crippen molar-refractivity contribution in [3.8, 4) is 0 Å². The number of halogens is 2. The van der Waals surface area contributed by atoms with E-state index in [-0.39, 0.29) is 21.5 Å². The first-order valence-electron chi connectivity index (χ1n) is 7.36. The molecule has 0 spiro atoms. The van der Waals surface area contributed by atoms with Gasteiger partial charge in [-0.1, -0.05) is 58.5 Å². The zero-order valence-electron chi connectivity index (χ0n) is 12.4. The summed E-state index contributed by atoms with van der Waals surface area (Å²) < 4.78 is 0. The maximum absolute atomic E-state index is 11.5. The van der Waals surface area contributed by atoms with Crippen molar-refractivity contribution in [1.82, 2.24) is 10.6 Å². The first-order valence-corrected chi connectivity index (χ1v) is 9.19. The van der Waals surface area contributed by atoms with E-state index in [1.807, 2.05) is 13.8 Å². The molecule has 4 nitrogen and oxygen atoms in total. The molecule has 6 heteroatoms. The predicted molar refractivity (Wildman–Crippen MR) is 90.5 cm³/mol. The normalized spacial score (nSPS) is 13.6. The lowest BCUT2D eigenvalue weighted by atomic mass is 10.2. The molecule has 20 heavy (non-hydrogen) atoms. The summed E-state index contributed by atoms with van der Waals surface area (Å²) >= 11 is 6.64. The average Bonchev–Trinajstić information content (AvgIpc) is 2.47. The number of amides is 2. The molecule has 0 aliphatic carbocycles. The summed E-state index contributed by atoms with van der Waals surface area (Å²) in [6.07, 6.45) is 5.72. The largest absolute Gasteiger partial charge is 0.355 e. The van der Waals surface area contributed by atoms with Crippen molar-refractivity contribution in [3.63, 3.8) is 0 Å². The number of carbonyl (C=O) groups excluding carboxylic acids is 2. The van der Waals surface area contributed by atoms with Crippen molar-refractivity contribution in [2.45, 2.75) is 62.0 Å². The van der Waals surface area contributed by atoms with Gasteiger partial charge in [0.05, 0.1) is 9.65 Å². The number of alkyl halides is 2. The van der Waals surface area contributed by atoms with E-state index in [0.717, 1.165) is 51.6 Å². The van der Waals surface area contributed by atoms with Crippen LogP contribution in [0.3, 0.4) is 0 Å². The van der Waals surface area contributed by atoms with Crippen LogP contribution >= 0.6 is 31.9 Å². The van der Waals surface area contributed by atoms with Crippen molar-refractivity contribution in [3.05, 3.63) is 0 Å². The topological polar surface area (TPSA) is 58.2 Å². The fraction of sp³-hybridized carbons (Fsp3) is 0.857. The highest BCUT2D eigenvalue weighted by molar-refractivity contribution is 9.10. The molecule has 0 bridgehead atoms. The maximum atomic E-state index is 11.5. The Morgan fingerprint density at radius 1 is 0.800 bits per heavy atom. The van der Waals surface area contributed by atoms with Gasteiger partial charge in [0.1, 0.15) is 0 Å². The Morgan fingerprint density at radius 3 is 1.45 bits per heavy atom. The van der Waals surface area contributed by atoms with Crippen LogP contribution in [0.4, 0.5) is 0 Å². The summed E-state index contributed by atoms with van der Waals surface area (Å²) in [4.78, 5) is 22.8. The second-order valence-corrected chi connectivity index (χ2v) is 6.96. The van der Waals surface area contributed by atoms with Gasteiger partial charge in [-0.05, 0) is 25.7 Å². The van der Waals surface area contributed by atoms with E-state index in [1.54, 1.807) is 0 Å². The van der Waals surface area contributed by atoms with Crippen molar-refractivity contribution in [1.29, 1.82) is 0 Å². The van der Waals surface area contributed by atoms with Gasteiger partial charge in [-0.3, -0.25) is 9.59 Å². The first-order chi connectivity index (χ1) is 9.52. The molecule has 0 saturated carbocycles. The Bertz CT molecular complexity index is 260. The van der Waals surface area contributed by atoms with Crippen molar-refractivity contribution < 1.29 is 9.59 Å². The average molecular weight is 414 g/mol. The summed E-state index contributed by atoms with van der Waals surface area (Å²) in [7, 11) is 0. The maximum Gasteiger partial charge on any atom is 0.233 e. The monoisotopic (exact) mass is 412 g/mol. The molecule has 0 heterocycles. The van der Waals surface area contributed by atoms with Gasteiger partial charge in [-0.2, -0.15) is 0 Å². The van der Waals surface area contributed by atoms with Gasteiger partial charge < -0.3 is 10.6 Å². The van der Waals surface area contributed by atoms with Crippen molar-refractivity contribution >= 4 is 43.7 Å². The van der Waals surface area contributed by atoms with Crippen LogP contribution in [0.25, 0.3) is 0 Å². The van der Waals surface area contributed by atoms with E-state index in [0.29, 0.717) is 0 Å². The Hall–Kier alpha value is -0.100. The number of hydrogen-bond acceptors (Lipinski definition) is 2. The third-order valence-corrected chi connectivity index (χ3v) is 5.11. The molecule has 0 aromatic heterocycles. The molecule has 0 rings (SSSR count). The molecule has 2 N–H and O–H groups in total. The van der Waals surface area contributed by atoms with E-state index >= 15 is 0 Å². The number of carbonyl (C=O) groups is 2. The third kappa shape index (κ3) is 9.75. The summed E-state index contributed by atoms with van der Waals surface area (Å²) in [6.45, 7) is 5.41. The third-order valence-electron chi connectivity index (χ3n) is 2.99. The summed E-state index contributed by atoms with van der Waals surface area (Å²) in [5.41, 5.74) is 0.